The fourth-order valence-corrected chi connectivity index (χ4v) is 4.26. The predicted octanol–water partition coefficient (Wildman–Crippen LogP) is 5.42. The monoisotopic (exact) mass is 464 g/mol. The Morgan fingerprint density at radius 3 is 2.49 bits per heavy atom. The normalized spacial score (nSPS) is 15.0. The van der Waals surface area contributed by atoms with E-state index >= 15 is 0 Å². The van der Waals surface area contributed by atoms with Crippen molar-refractivity contribution in [3.8, 4) is 11.3 Å². The lowest BCUT2D eigenvalue weighted by molar-refractivity contribution is -0.115. The van der Waals surface area contributed by atoms with Gasteiger partial charge in [-0.2, -0.15) is 0 Å². The zero-order valence-corrected chi connectivity index (χ0v) is 19.4. The quantitative estimate of drug-likeness (QED) is 0.294. The number of hydrogen-bond donors (Lipinski definition) is 2. The number of benzene rings is 3. The molecule has 1 unspecified atom stereocenters. The topological polar surface area (TPSA) is 96.4 Å². The highest BCUT2D eigenvalue weighted by atomic mass is 16.5. The number of carbonyl (C=O) groups is 2. The van der Waals surface area contributed by atoms with Gasteiger partial charge in [0.25, 0.3) is 0 Å². The van der Waals surface area contributed by atoms with E-state index in [1.165, 1.54) is 0 Å². The number of amides is 1. The fourth-order valence-electron chi connectivity index (χ4n) is 4.26. The van der Waals surface area contributed by atoms with Crippen LogP contribution in [0, 0.1) is 6.92 Å². The molecule has 0 spiro atoms. The smallest absolute Gasteiger partial charge is 0.338 e. The number of aliphatic imine (C=N–C) groups is 1. The molecule has 0 bridgehead atoms. The van der Waals surface area contributed by atoms with Gasteiger partial charge in [-0.1, -0.05) is 48.5 Å². The molecule has 1 atom stereocenters. The third kappa shape index (κ3) is 4.36. The first kappa shape index (κ1) is 22.3. The van der Waals surface area contributed by atoms with E-state index in [9.17, 15) is 9.59 Å². The molecule has 1 aliphatic rings. The SMILES string of the molecule is CCOC(=O)c1ccc2c(c1)NC(=O)C2C(=Nc1ccc(-c2nc[nH]c2C)cc1)c1ccccc1. The molecule has 2 N–H and O–H groups in total. The summed E-state index contributed by atoms with van der Waals surface area (Å²) in [6, 6.07) is 22.6. The van der Waals surface area contributed by atoms with Crippen molar-refractivity contribution < 1.29 is 14.3 Å². The van der Waals surface area contributed by atoms with Crippen LogP contribution in [0.4, 0.5) is 11.4 Å². The van der Waals surface area contributed by atoms with Gasteiger partial charge in [-0.3, -0.25) is 9.79 Å². The molecule has 0 radical (unpaired) electrons. The van der Waals surface area contributed by atoms with Crippen LogP contribution in [0.2, 0.25) is 0 Å². The number of nitrogens with one attached hydrogen (secondary N) is 2. The van der Waals surface area contributed by atoms with Gasteiger partial charge in [0.15, 0.2) is 0 Å². The van der Waals surface area contributed by atoms with Crippen LogP contribution in [0.5, 0.6) is 0 Å². The molecule has 3 aromatic carbocycles. The van der Waals surface area contributed by atoms with Gasteiger partial charge in [0, 0.05) is 16.9 Å². The molecule has 7 heteroatoms. The van der Waals surface area contributed by atoms with Gasteiger partial charge in [-0.05, 0) is 49.2 Å². The number of aryl methyl sites for hydroxylation is 1. The van der Waals surface area contributed by atoms with E-state index in [1.807, 2.05) is 61.5 Å². The molecule has 0 aliphatic carbocycles. The highest BCUT2D eigenvalue weighted by Crippen LogP contribution is 2.37. The number of ether oxygens (including phenoxy) is 1. The van der Waals surface area contributed by atoms with E-state index in [-0.39, 0.29) is 12.5 Å². The summed E-state index contributed by atoms with van der Waals surface area (Å²) >= 11 is 0. The summed E-state index contributed by atoms with van der Waals surface area (Å²) in [4.78, 5) is 37.7. The largest absolute Gasteiger partial charge is 0.462 e. The van der Waals surface area contributed by atoms with Gasteiger partial charge >= 0.3 is 5.97 Å². The van der Waals surface area contributed by atoms with Crippen LogP contribution in [0.25, 0.3) is 11.3 Å². The van der Waals surface area contributed by atoms with Gasteiger partial charge in [0.05, 0.1) is 35.6 Å². The highest BCUT2D eigenvalue weighted by Gasteiger charge is 2.36. The molecule has 0 saturated heterocycles. The van der Waals surface area contributed by atoms with E-state index in [2.05, 4.69) is 15.3 Å². The Kier molecular flexibility index (Phi) is 5.97. The lowest BCUT2D eigenvalue weighted by atomic mass is 9.90. The van der Waals surface area contributed by atoms with E-state index in [0.29, 0.717) is 17.0 Å². The number of aromatic nitrogens is 2. The second kappa shape index (κ2) is 9.38. The summed E-state index contributed by atoms with van der Waals surface area (Å²) in [7, 11) is 0. The summed E-state index contributed by atoms with van der Waals surface area (Å²) in [6.45, 7) is 4.02. The standard InChI is InChI=1S/C28H24N4O3/c1-3-35-28(34)20-11-14-22-23(15-20)32-27(33)24(22)26(18-7-5-4-6-8-18)31-21-12-9-19(10-13-21)25-17(2)29-16-30-25/h4-16,24H,3H2,1-2H3,(H,29,30)(H,32,33). The number of fused-ring (bicyclic) bond motifs is 1. The number of aromatic amines is 1. The number of hydrogen-bond acceptors (Lipinski definition) is 5. The van der Waals surface area contributed by atoms with E-state index < -0.39 is 11.9 Å². The van der Waals surface area contributed by atoms with Crippen molar-refractivity contribution in [2.75, 3.05) is 11.9 Å². The molecular weight excluding hydrogens is 440 g/mol. The third-order valence-corrected chi connectivity index (χ3v) is 5.96. The van der Waals surface area contributed by atoms with Crippen molar-refractivity contribution in [1.29, 1.82) is 0 Å². The van der Waals surface area contributed by atoms with E-state index in [1.54, 1.807) is 31.5 Å². The number of H-pyrrole nitrogens is 1. The lowest BCUT2D eigenvalue weighted by Gasteiger charge is -2.14. The van der Waals surface area contributed by atoms with Crippen LogP contribution in [0.1, 0.15) is 40.0 Å². The number of nitrogens with zero attached hydrogens (tertiary/aromatic N) is 2. The Morgan fingerprint density at radius 1 is 1.03 bits per heavy atom. The van der Waals surface area contributed by atoms with Gasteiger partial charge in [0.1, 0.15) is 5.92 Å². The molecule has 174 valence electrons. The van der Waals surface area contributed by atoms with Gasteiger partial charge < -0.3 is 15.0 Å². The number of carbonyl (C=O) groups excluding carboxylic acids is 2. The van der Waals surface area contributed by atoms with Crippen molar-refractivity contribution in [2.24, 2.45) is 4.99 Å². The zero-order valence-electron chi connectivity index (χ0n) is 19.4. The Hall–Kier alpha value is -4.52. The summed E-state index contributed by atoms with van der Waals surface area (Å²) in [5, 5.41) is 2.92. The molecule has 1 amide bonds. The molecule has 1 aliphatic heterocycles. The van der Waals surface area contributed by atoms with Crippen LogP contribution < -0.4 is 5.32 Å². The predicted molar refractivity (Wildman–Crippen MR) is 135 cm³/mol. The Labute approximate surface area is 202 Å². The number of rotatable bonds is 6. The minimum absolute atomic E-state index is 0.188. The Morgan fingerprint density at radius 2 is 1.80 bits per heavy atom. The van der Waals surface area contributed by atoms with Crippen molar-refractivity contribution >= 4 is 29.0 Å². The third-order valence-electron chi connectivity index (χ3n) is 5.96. The molecule has 1 aromatic heterocycles. The van der Waals surface area contributed by atoms with Gasteiger partial charge in [-0.25, -0.2) is 9.78 Å². The summed E-state index contributed by atoms with van der Waals surface area (Å²) < 4.78 is 5.10. The Balaban J connectivity index is 1.55. The molecule has 0 fully saturated rings. The molecule has 35 heavy (non-hydrogen) atoms. The first-order valence-corrected chi connectivity index (χ1v) is 11.4. The number of imidazole rings is 1. The van der Waals surface area contributed by atoms with Crippen LogP contribution >= 0.6 is 0 Å². The maximum atomic E-state index is 13.2. The average molecular weight is 465 g/mol. The first-order valence-electron chi connectivity index (χ1n) is 11.4. The number of esters is 1. The van der Waals surface area contributed by atoms with Crippen LogP contribution in [0.3, 0.4) is 0 Å². The highest BCUT2D eigenvalue weighted by molar-refractivity contribution is 6.24. The van der Waals surface area contributed by atoms with Gasteiger partial charge in [0.2, 0.25) is 5.91 Å². The molecule has 5 rings (SSSR count). The van der Waals surface area contributed by atoms with Crippen molar-refractivity contribution in [3.63, 3.8) is 0 Å². The van der Waals surface area contributed by atoms with Gasteiger partial charge in [-0.15, -0.1) is 0 Å². The summed E-state index contributed by atoms with van der Waals surface area (Å²) in [5.74, 6) is -1.22. The lowest BCUT2D eigenvalue weighted by Crippen LogP contribution is -2.21. The van der Waals surface area contributed by atoms with Crippen molar-refractivity contribution in [3.05, 3.63) is 102 Å². The molecular formula is C28H24N4O3. The number of anilines is 1. The van der Waals surface area contributed by atoms with Crippen molar-refractivity contribution in [1.82, 2.24) is 9.97 Å². The second-order valence-electron chi connectivity index (χ2n) is 8.23. The molecule has 7 nitrogen and oxygen atoms in total. The average Bonchev–Trinajstić information content (AvgIpc) is 3.45. The maximum Gasteiger partial charge on any atom is 0.338 e. The fraction of sp³-hybridized carbons (Fsp3) is 0.143. The first-order chi connectivity index (χ1) is 17.0. The molecule has 2 heterocycles. The summed E-state index contributed by atoms with van der Waals surface area (Å²) in [5.41, 5.74) is 6.85. The van der Waals surface area contributed by atoms with Crippen LogP contribution in [0.15, 0.2) is 84.1 Å². The zero-order chi connectivity index (χ0) is 24.4. The second-order valence-corrected chi connectivity index (χ2v) is 8.23. The van der Waals surface area contributed by atoms with Crippen LogP contribution in [-0.2, 0) is 9.53 Å². The maximum absolute atomic E-state index is 13.2. The minimum Gasteiger partial charge on any atom is -0.462 e. The molecule has 0 saturated carbocycles. The van der Waals surface area contributed by atoms with E-state index in [4.69, 9.17) is 9.73 Å². The van der Waals surface area contributed by atoms with Crippen LogP contribution in [-0.4, -0.2) is 34.2 Å². The minimum atomic E-state index is -0.614. The Bertz CT molecular complexity index is 1420. The van der Waals surface area contributed by atoms with Crippen molar-refractivity contribution in [2.45, 2.75) is 19.8 Å². The molecule has 4 aromatic rings. The van der Waals surface area contributed by atoms with E-state index in [0.717, 1.165) is 33.8 Å². The summed E-state index contributed by atoms with van der Waals surface area (Å²) in [6.07, 6.45) is 1.67.